The first-order valence-corrected chi connectivity index (χ1v) is 6.50. The monoisotopic (exact) mass is 278 g/mol. The summed E-state index contributed by atoms with van der Waals surface area (Å²) in [5, 5.41) is 20.6. The fourth-order valence-electron chi connectivity index (χ4n) is 1.51. The van der Waals surface area contributed by atoms with Gasteiger partial charge in [-0.2, -0.15) is 5.26 Å². The number of nitrogens with zero attached hydrogens (tertiary/aromatic N) is 5. The molecule has 0 unspecified atom stereocenters. The number of tetrazole rings is 1. The Morgan fingerprint density at radius 1 is 1.42 bits per heavy atom. The van der Waals surface area contributed by atoms with E-state index in [9.17, 15) is 4.39 Å². The number of thioether (sulfide) groups is 1. The molecule has 8 heteroatoms. The molecular weight excluding hydrogens is 267 g/mol. The molecule has 0 saturated heterocycles. The van der Waals surface area contributed by atoms with Crippen molar-refractivity contribution in [2.45, 2.75) is 17.5 Å². The topological polar surface area (TPSA) is 93.4 Å². The molecule has 0 aliphatic rings. The summed E-state index contributed by atoms with van der Waals surface area (Å²) in [7, 11) is 0. The van der Waals surface area contributed by atoms with Gasteiger partial charge in [-0.1, -0.05) is 11.8 Å². The standard InChI is InChI=1S/C11H11FN6S/c12-10-4-8(6-14)3-9(5-10)7-19-11-15-16-17-18(11)2-1-13/h3-5H,1-2,7,13H2. The van der Waals surface area contributed by atoms with Crippen LogP contribution < -0.4 is 5.73 Å². The van der Waals surface area contributed by atoms with Crippen LogP contribution in [0.2, 0.25) is 0 Å². The lowest BCUT2D eigenvalue weighted by atomic mass is 10.1. The Balaban J connectivity index is 2.08. The molecule has 2 rings (SSSR count). The van der Waals surface area contributed by atoms with Gasteiger partial charge in [0.05, 0.1) is 18.2 Å². The number of nitriles is 1. The molecule has 0 atom stereocenters. The van der Waals surface area contributed by atoms with Crippen molar-refractivity contribution in [3.8, 4) is 6.07 Å². The SMILES string of the molecule is N#Cc1cc(F)cc(CSc2nnnn2CCN)c1. The predicted molar refractivity (Wildman–Crippen MR) is 67.5 cm³/mol. The average Bonchev–Trinajstić information content (AvgIpc) is 2.83. The molecule has 0 radical (unpaired) electrons. The second kappa shape index (κ2) is 6.26. The molecule has 1 aromatic carbocycles. The van der Waals surface area contributed by atoms with Crippen LogP contribution >= 0.6 is 11.8 Å². The smallest absolute Gasteiger partial charge is 0.209 e. The van der Waals surface area contributed by atoms with Crippen molar-refractivity contribution < 1.29 is 4.39 Å². The van der Waals surface area contributed by atoms with E-state index in [0.717, 1.165) is 0 Å². The highest BCUT2D eigenvalue weighted by Gasteiger charge is 2.07. The van der Waals surface area contributed by atoms with Crippen LogP contribution in [0.4, 0.5) is 4.39 Å². The summed E-state index contributed by atoms with van der Waals surface area (Å²) in [6.07, 6.45) is 0. The molecule has 2 N–H and O–H groups in total. The van der Waals surface area contributed by atoms with E-state index in [0.29, 0.717) is 35.1 Å². The van der Waals surface area contributed by atoms with Crippen LogP contribution in [0.15, 0.2) is 23.4 Å². The largest absolute Gasteiger partial charge is 0.329 e. The Bertz CT molecular complexity index is 605. The summed E-state index contributed by atoms with van der Waals surface area (Å²) in [6, 6.07) is 6.16. The van der Waals surface area contributed by atoms with Crippen LogP contribution in [-0.4, -0.2) is 26.8 Å². The van der Waals surface area contributed by atoms with Crippen molar-refractivity contribution in [3.63, 3.8) is 0 Å². The number of aromatic nitrogens is 4. The molecule has 19 heavy (non-hydrogen) atoms. The third-order valence-electron chi connectivity index (χ3n) is 2.29. The molecular formula is C11H11FN6S. The molecule has 0 aliphatic carbocycles. The second-order valence-corrected chi connectivity index (χ2v) is 4.66. The van der Waals surface area contributed by atoms with E-state index in [1.54, 1.807) is 10.7 Å². The maximum absolute atomic E-state index is 13.3. The van der Waals surface area contributed by atoms with Crippen LogP contribution in [0, 0.1) is 17.1 Å². The zero-order chi connectivity index (χ0) is 13.7. The third kappa shape index (κ3) is 3.49. The Morgan fingerprint density at radius 2 is 2.26 bits per heavy atom. The molecule has 0 aliphatic heterocycles. The normalized spacial score (nSPS) is 10.4. The zero-order valence-corrected chi connectivity index (χ0v) is 10.8. The first kappa shape index (κ1) is 13.5. The fraction of sp³-hybridized carbons (Fsp3) is 0.273. The summed E-state index contributed by atoms with van der Waals surface area (Å²) in [5.41, 5.74) is 6.46. The molecule has 1 heterocycles. The highest BCUT2D eigenvalue weighted by molar-refractivity contribution is 7.98. The minimum absolute atomic E-state index is 0.303. The minimum Gasteiger partial charge on any atom is -0.329 e. The van der Waals surface area contributed by atoms with Gasteiger partial charge < -0.3 is 5.73 Å². The van der Waals surface area contributed by atoms with Crippen LogP contribution in [0.3, 0.4) is 0 Å². The van der Waals surface area contributed by atoms with Gasteiger partial charge in [0.15, 0.2) is 0 Å². The average molecular weight is 278 g/mol. The number of rotatable bonds is 5. The lowest BCUT2D eigenvalue weighted by Crippen LogP contribution is -2.12. The van der Waals surface area contributed by atoms with Crippen molar-refractivity contribution in [1.29, 1.82) is 5.26 Å². The molecule has 0 saturated carbocycles. The van der Waals surface area contributed by atoms with Gasteiger partial charge in [0.1, 0.15) is 5.82 Å². The predicted octanol–water partition coefficient (Wildman–Crippen LogP) is 0.935. The summed E-state index contributed by atoms with van der Waals surface area (Å²) in [4.78, 5) is 0. The lowest BCUT2D eigenvalue weighted by Gasteiger charge is -2.03. The van der Waals surface area contributed by atoms with E-state index in [2.05, 4.69) is 15.5 Å². The minimum atomic E-state index is -0.420. The first-order valence-electron chi connectivity index (χ1n) is 5.51. The summed E-state index contributed by atoms with van der Waals surface area (Å²) >= 11 is 1.37. The Morgan fingerprint density at radius 3 is 3.00 bits per heavy atom. The van der Waals surface area contributed by atoms with Gasteiger partial charge in [-0.05, 0) is 34.2 Å². The second-order valence-electron chi connectivity index (χ2n) is 3.72. The Kier molecular flexibility index (Phi) is 4.43. The van der Waals surface area contributed by atoms with Crippen molar-refractivity contribution >= 4 is 11.8 Å². The quantitative estimate of drug-likeness (QED) is 0.818. The molecule has 0 spiro atoms. The molecule has 0 bridgehead atoms. The van der Waals surface area contributed by atoms with Gasteiger partial charge in [-0.3, -0.25) is 0 Å². The van der Waals surface area contributed by atoms with Crippen molar-refractivity contribution in [2.75, 3.05) is 6.54 Å². The van der Waals surface area contributed by atoms with Gasteiger partial charge in [-0.15, -0.1) is 5.10 Å². The van der Waals surface area contributed by atoms with Gasteiger partial charge in [0.25, 0.3) is 0 Å². The summed E-state index contributed by atoms with van der Waals surface area (Å²) in [5.74, 6) is 0.0633. The highest BCUT2D eigenvalue weighted by atomic mass is 32.2. The first-order chi connectivity index (χ1) is 9.22. The number of hydrogen-bond acceptors (Lipinski definition) is 6. The maximum Gasteiger partial charge on any atom is 0.209 e. The summed E-state index contributed by atoms with van der Waals surface area (Å²) in [6.45, 7) is 0.971. The number of hydrogen-bond donors (Lipinski definition) is 1. The highest BCUT2D eigenvalue weighted by Crippen LogP contribution is 2.21. The fourth-order valence-corrected chi connectivity index (χ4v) is 2.34. The molecule has 0 fully saturated rings. The number of halogens is 1. The van der Waals surface area contributed by atoms with E-state index in [-0.39, 0.29) is 0 Å². The molecule has 0 amide bonds. The Labute approximate surface area is 113 Å². The van der Waals surface area contributed by atoms with E-state index in [1.807, 2.05) is 6.07 Å². The van der Waals surface area contributed by atoms with Crippen LogP contribution in [-0.2, 0) is 12.3 Å². The third-order valence-corrected chi connectivity index (χ3v) is 3.32. The van der Waals surface area contributed by atoms with Gasteiger partial charge >= 0.3 is 0 Å². The zero-order valence-electron chi connectivity index (χ0n) is 9.95. The van der Waals surface area contributed by atoms with Crippen molar-refractivity contribution in [3.05, 3.63) is 35.1 Å². The van der Waals surface area contributed by atoms with Gasteiger partial charge in [0.2, 0.25) is 5.16 Å². The maximum atomic E-state index is 13.3. The lowest BCUT2D eigenvalue weighted by molar-refractivity contribution is 0.557. The number of nitrogens with two attached hydrogens (primary N) is 1. The van der Waals surface area contributed by atoms with Crippen LogP contribution in [0.5, 0.6) is 0 Å². The molecule has 1 aromatic heterocycles. The molecule has 98 valence electrons. The summed E-state index contributed by atoms with van der Waals surface area (Å²) < 4.78 is 14.9. The van der Waals surface area contributed by atoms with Crippen molar-refractivity contribution in [2.24, 2.45) is 5.73 Å². The van der Waals surface area contributed by atoms with Crippen molar-refractivity contribution in [1.82, 2.24) is 20.2 Å². The number of benzene rings is 1. The van der Waals surface area contributed by atoms with Crippen LogP contribution in [0.1, 0.15) is 11.1 Å². The van der Waals surface area contributed by atoms with Gasteiger partial charge in [0, 0.05) is 12.3 Å². The van der Waals surface area contributed by atoms with E-state index in [4.69, 9.17) is 11.0 Å². The van der Waals surface area contributed by atoms with Crippen LogP contribution in [0.25, 0.3) is 0 Å². The van der Waals surface area contributed by atoms with Gasteiger partial charge in [-0.25, -0.2) is 9.07 Å². The van der Waals surface area contributed by atoms with E-state index in [1.165, 1.54) is 23.9 Å². The van der Waals surface area contributed by atoms with E-state index < -0.39 is 5.82 Å². The Hall–Kier alpha value is -1.98. The molecule has 2 aromatic rings. The molecule has 6 nitrogen and oxygen atoms in total. The van der Waals surface area contributed by atoms with E-state index >= 15 is 0 Å².